The molecule has 0 atom stereocenters. The lowest BCUT2D eigenvalue weighted by Gasteiger charge is -2.26. The first-order valence-corrected chi connectivity index (χ1v) is 14.0. The number of aliphatic carboxylic acids is 2. The Balaban J connectivity index is 0.000000745. The summed E-state index contributed by atoms with van der Waals surface area (Å²) in [5.74, 6) is -4.35. The molecule has 1 fully saturated rings. The summed E-state index contributed by atoms with van der Waals surface area (Å²) in [6.07, 6.45) is -4.43. The predicted molar refractivity (Wildman–Crippen MR) is 141 cm³/mol. The van der Waals surface area contributed by atoms with Crippen molar-refractivity contribution in [2.75, 3.05) is 52.5 Å². The molecule has 1 aliphatic heterocycles. The fourth-order valence-corrected chi connectivity index (χ4v) is 5.09. The zero-order valence-electron chi connectivity index (χ0n) is 22.0. The van der Waals surface area contributed by atoms with Gasteiger partial charge in [0.05, 0.1) is 18.1 Å². The fraction of sp³-hybridized carbons (Fsp3) is 0.423. The van der Waals surface area contributed by atoms with Crippen molar-refractivity contribution >= 4 is 27.9 Å². The van der Waals surface area contributed by atoms with Crippen LogP contribution in [0.1, 0.15) is 12.8 Å². The summed E-state index contributed by atoms with van der Waals surface area (Å²) in [6.45, 7) is 3.58. The molecule has 1 amide bonds. The Morgan fingerprint density at radius 3 is 2.05 bits per heavy atom. The molecule has 0 aromatic heterocycles. The lowest BCUT2D eigenvalue weighted by Crippen LogP contribution is -2.39. The van der Waals surface area contributed by atoms with Crippen LogP contribution in [0.2, 0.25) is 0 Å². The van der Waals surface area contributed by atoms with E-state index in [4.69, 9.17) is 14.6 Å². The van der Waals surface area contributed by atoms with Gasteiger partial charge in [-0.25, -0.2) is 13.2 Å². The molecule has 0 saturated carbocycles. The minimum absolute atomic E-state index is 0.0145. The third kappa shape index (κ3) is 11.9. The summed E-state index contributed by atoms with van der Waals surface area (Å²) in [6, 6.07) is 15.8. The number of rotatable bonds is 12. The first-order valence-electron chi connectivity index (χ1n) is 12.5. The van der Waals surface area contributed by atoms with E-state index in [-0.39, 0.29) is 23.8 Å². The van der Waals surface area contributed by atoms with Gasteiger partial charge in [-0.2, -0.15) is 17.5 Å². The number of hydrogen-bond donors (Lipinski definition) is 3. The maximum Gasteiger partial charge on any atom is 0.490 e. The number of carbonyl (C=O) groups is 3. The van der Waals surface area contributed by atoms with E-state index in [2.05, 4.69) is 10.2 Å². The lowest BCUT2D eigenvalue weighted by molar-refractivity contribution is -0.192. The molecule has 0 radical (unpaired) electrons. The number of carboxylic acid groups (broad SMARTS) is 2. The van der Waals surface area contributed by atoms with Crippen LogP contribution >= 0.6 is 0 Å². The maximum absolute atomic E-state index is 13.1. The Kier molecular flexibility index (Phi) is 13.2. The standard InChI is InChI=1S/C24H31N3O6S.C2HF3O2/c28-23(25-12-4-13-26-15-17-33-18-16-26)11-14-27(19-24(29)30)34(31,32)22-9-7-21(8-10-22)20-5-2-1-3-6-20;3-2(4,5)1(6)7/h1-3,5-10H,4,11-19H2,(H,25,28)(H,29,30);(H,6,7). The average Bonchev–Trinajstić information content (AvgIpc) is 2.94. The molecule has 3 rings (SSSR count). The number of hydrogen-bond acceptors (Lipinski definition) is 7. The Hall–Kier alpha value is -3.53. The van der Waals surface area contributed by atoms with Gasteiger partial charge in [-0.15, -0.1) is 0 Å². The highest BCUT2D eigenvalue weighted by molar-refractivity contribution is 7.89. The van der Waals surface area contributed by atoms with Gasteiger partial charge in [0.25, 0.3) is 0 Å². The highest BCUT2D eigenvalue weighted by Crippen LogP contribution is 2.23. The summed E-state index contributed by atoms with van der Waals surface area (Å²) < 4.78 is 64.0. The number of ether oxygens (including phenoxy) is 1. The summed E-state index contributed by atoms with van der Waals surface area (Å²) in [5.41, 5.74) is 1.79. The Labute approximate surface area is 235 Å². The van der Waals surface area contributed by atoms with Gasteiger partial charge in [0.2, 0.25) is 15.9 Å². The summed E-state index contributed by atoms with van der Waals surface area (Å²) in [7, 11) is -4.08. The molecular weight excluding hydrogens is 571 g/mol. The highest BCUT2D eigenvalue weighted by Gasteiger charge is 2.38. The fourth-order valence-electron chi connectivity index (χ4n) is 3.70. The molecule has 0 bridgehead atoms. The third-order valence-electron chi connectivity index (χ3n) is 5.82. The molecule has 2 aromatic rings. The second-order valence-electron chi connectivity index (χ2n) is 8.83. The SMILES string of the molecule is O=C(O)C(F)(F)F.O=C(O)CN(CCC(=O)NCCCN1CCOCC1)S(=O)(=O)c1ccc(-c2ccccc2)cc1. The number of carboxylic acids is 2. The second kappa shape index (κ2) is 16.0. The minimum Gasteiger partial charge on any atom is -0.480 e. The first kappa shape index (κ1) is 33.7. The predicted octanol–water partition coefficient (Wildman–Crippen LogP) is 2.29. The van der Waals surface area contributed by atoms with Gasteiger partial charge in [0.1, 0.15) is 6.54 Å². The second-order valence-corrected chi connectivity index (χ2v) is 10.8. The molecule has 1 saturated heterocycles. The van der Waals surface area contributed by atoms with Crippen molar-refractivity contribution in [1.82, 2.24) is 14.5 Å². The van der Waals surface area contributed by atoms with Crippen LogP contribution in [-0.2, 0) is 29.1 Å². The van der Waals surface area contributed by atoms with Crippen LogP contribution in [0.15, 0.2) is 59.5 Å². The van der Waals surface area contributed by atoms with Crippen LogP contribution in [-0.4, -0.2) is 104 Å². The summed E-state index contributed by atoms with van der Waals surface area (Å²) in [4.78, 5) is 34.7. The van der Waals surface area contributed by atoms with Crippen LogP contribution in [0.4, 0.5) is 13.2 Å². The number of alkyl halides is 3. The van der Waals surface area contributed by atoms with Gasteiger partial charge in [-0.3, -0.25) is 14.5 Å². The topological polar surface area (TPSA) is 154 Å². The van der Waals surface area contributed by atoms with Crippen LogP contribution < -0.4 is 5.32 Å². The molecule has 1 heterocycles. The number of morpholine rings is 1. The monoisotopic (exact) mass is 603 g/mol. The highest BCUT2D eigenvalue weighted by atomic mass is 32.2. The van der Waals surface area contributed by atoms with E-state index in [9.17, 15) is 36.3 Å². The van der Waals surface area contributed by atoms with Crippen LogP contribution in [0.5, 0.6) is 0 Å². The molecule has 15 heteroatoms. The molecule has 3 N–H and O–H groups in total. The van der Waals surface area contributed by atoms with Gasteiger partial charge >= 0.3 is 18.1 Å². The van der Waals surface area contributed by atoms with E-state index in [1.807, 2.05) is 30.3 Å². The van der Waals surface area contributed by atoms with Gasteiger partial charge in [0.15, 0.2) is 0 Å². The van der Waals surface area contributed by atoms with Crippen LogP contribution in [0.25, 0.3) is 11.1 Å². The number of nitrogens with zero attached hydrogens (tertiary/aromatic N) is 2. The molecule has 0 aliphatic carbocycles. The smallest absolute Gasteiger partial charge is 0.480 e. The van der Waals surface area contributed by atoms with Gasteiger partial charge < -0.3 is 20.3 Å². The molecule has 11 nitrogen and oxygen atoms in total. The Bertz CT molecular complexity index is 1240. The lowest BCUT2D eigenvalue weighted by atomic mass is 10.1. The van der Waals surface area contributed by atoms with Crippen LogP contribution in [0.3, 0.4) is 0 Å². The van der Waals surface area contributed by atoms with E-state index >= 15 is 0 Å². The van der Waals surface area contributed by atoms with E-state index < -0.39 is 34.7 Å². The Morgan fingerprint density at radius 2 is 1.51 bits per heavy atom. The van der Waals surface area contributed by atoms with Crippen molar-refractivity contribution in [2.24, 2.45) is 0 Å². The number of sulfonamides is 1. The number of benzene rings is 2. The van der Waals surface area contributed by atoms with E-state index in [1.54, 1.807) is 12.1 Å². The largest absolute Gasteiger partial charge is 0.490 e. The van der Waals surface area contributed by atoms with Crippen LogP contribution in [0, 0.1) is 0 Å². The number of carbonyl (C=O) groups excluding carboxylic acids is 1. The van der Waals surface area contributed by atoms with Crippen molar-refractivity contribution in [3.63, 3.8) is 0 Å². The zero-order valence-corrected chi connectivity index (χ0v) is 22.9. The first-order chi connectivity index (χ1) is 19.3. The van der Waals surface area contributed by atoms with Gasteiger partial charge in [-0.05, 0) is 36.2 Å². The minimum atomic E-state index is -5.08. The average molecular weight is 604 g/mol. The van der Waals surface area contributed by atoms with Crippen molar-refractivity contribution in [3.05, 3.63) is 54.6 Å². The van der Waals surface area contributed by atoms with Crippen molar-refractivity contribution < 1.29 is 50.9 Å². The summed E-state index contributed by atoms with van der Waals surface area (Å²) >= 11 is 0. The molecule has 0 spiro atoms. The zero-order chi connectivity index (χ0) is 30.5. The number of nitrogens with one attached hydrogen (secondary N) is 1. The molecule has 41 heavy (non-hydrogen) atoms. The molecule has 1 aliphatic rings. The van der Waals surface area contributed by atoms with E-state index in [0.717, 1.165) is 54.7 Å². The van der Waals surface area contributed by atoms with E-state index in [0.29, 0.717) is 6.54 Å². The Morgan fingerprint density at radius 1 is 0.951 bits per heavy atom. The van der Waals surface area contributed by atoms with Gasteiger partial charge in [-0.1, -0.05) is 42.5 Å². The maximum atomic E-state index is 13.1. The summed E-state index contributed by atoms with van der Waals surface area (Å²) in [5, 5.41) is 19.1. The number of halogens is 3. The van der Waals surface area contributed by atoms with E-state index in [1.165, 1.54) is 12.1 Å². The van der Waals surface area contributed by atoms with Crippen molar-refractivity contribution in [1.29, 1.82) is 0 Å². The molecule has 0 unspecified atom stereocenters. The third-order valence-corrected chi connectivity index (χ3v) is 7.68. The normalized spacial score (nSPS) is 14.1. The quantitative estimate of drug-likeness (QED) is 0.310. The molecule has 2 aromatic carbocycles. The number of amides is 1. The molecule has 226 valence electrons. The van der Waals surface area contributed by atoms with Gasteiger partial charge in [0, 0.05) is 32.6 Å². The van der Waals surface area contributed by atoms with Crippen molar-refractivity contribution in [2.45, 2.75) is 23.9 Å². The van der Waals surface area contributed by atoms with Crippen molar-refractivity contribution in [3.8, 4) is 11.1 Å². The molecular formula is C26H32F3N3O8S.